The quantitative estimate of drug-likeness (QED) is 0.468. The highest BCUT2D eigenvalue weighted by Gasteiger charge is 2.25. The van der Waals surface area contributed by atoms with Crippen molar-refractivity contribution in [2.75, 3.05) is 16.0 Å². The van der Waals surface area contributed by atoms with E-state index in [4.69, 9.17) is 0 Å². The van der Waals surface area contributed by atoms with Gasteiger partial charge in [-0.3, -0.25) is 19.7 Å². The van der Waals surface area contributed by atoms with E-state index in [1.54, 1.807) is 24.3 Å². The Bertz CT molecular complexity index is 928. The Morgan fingerprint density at radius 2 is 1.78 bits per heavy atom. The maximum absolute atomic E-state index is 12.6. The molecule has 1 saturated carbocycles. The van der Waals surface area contributed by atoms with Crippen molar-refractivity contribution in [3.8, 4) is 0 Å². The van der Waals surface area contributed by atoms with Crippen LogP contribution in [0.1, 0.15) is 30.1 Å². The standard InChI is InChI=1S/C18H17BrN4O4/c1-10(24)20-14-7-3-12(19)9-16(14)22-18(25)11-2-6-15(21-13-4-5-13)17(8-11)23(26)27/h2-3,6-9,13,21H,4-5H2,1H3,(H,20,24)(H,22,25). The largest absolute Gasteiger partial charge is 0.377 e. The Labute approximate surface area is 163 Å². The highest BCUT2D eigenvalue weighted by atomic mass is 79.9. The van der Waals surface area contributed by atoms with Crippen molar-refractivity contribution >= 4 is 50.5 Å². The van der Waals surface area contributed by atoms with Gasteiger partial charge in [0.25, 0.3) is 11.6 Å². The summed E-state index contributed by atoms with van der Waals surface area (Å²) in [5.74, 6) is -0.792. The van der Waals surface area contributed by atoms with Gasteiger partial charge in [-0.25, -0.2) is 0 Å². The molecule has 1 fully saturated rings. The number of halogens is 1. The van der Waals surface area contributed by atoms with Crippen molar-refractivity contribution in [2.45, 2.75) is 25.8 Å². The zero-order valence-corrected chi connectivity index (χ0v) is 16.0. The molecule has 0 bridgehead atoms. The molecule has 3 N–H and O–H groups in total. The normalized spacial score (nSPS) is 13.0. The molecule has 9 heteroatoms. The van der Waals surface area contributed by atoms with Gasteiger partial charge in [-0.05, 0) is 43.2 Å². The fourth-order valence-electron chi connectivity index (χ4n) is 2.51. The Balaban J connectivity index is 1.86. The number of carbonyl (C=O) groups excluding carboxylic acids is 2. The molecule has 1 aliphatic carbocycles. The number of nitrogens with zero attached hydrogens (tertiary/aromatic N) is 1. The second-order valence-corrected chi connectivity index (χ2v) is 7.15. The van der Waals surface area contributed by atoms with Gasteiger partial charge in [-0.15, -0.1) is 0 Å². The van der Waals surface area contributed by atoms with Crippen molar-refractivity contribution in [3.63, 3.8) is 0 Å². The van der Waals surface area contributed by atoms with E-state index in [-0.39, 0.29) is 23.2 Å². The predicted octanol–water partition coefficient (Wildman–Crippen LogP) is 4.14. The van der Waals surface area contributed by atoms with Crippen LogP contribution in [0.4, 0.5) is 22.7 Å². The summed E-state index contributed by atoms with van der Waals surface area (Å²) in [4.78, 5) is 34.8. The zero-order valence-electron chi connectivity index (χ0n) is 14.4. The molecule has 0 saturated heterocycles. The maximum Gasteiger partial charge on any atom is 0.293 e. The highest BCUT2D eigenvalue weighted by Crippen LogP contribution is 2.32. The van der Waals surface area contributed by atoms with Crippen LogP contribution in [0.5, 0.6) is 0 Å². The molecule has 2 amide bonds. The van der Waals surface area contributed by atoms with Crippen LogP contribution < -0.4 is 16.0 Å². The van der Waals surface area contributed by atoms with Crippen LogP contribution in [-0.4, -0.2) is 22.8 Å². The number of carbonyl (C=O) groups is 2. The molecule has 0 aliphatic heterocycles. The van der Waals surface area contributed by atoms with E-state index >= 15 is 0 Å². The van der Waals surface area contributed by atoms with Gasteiger partial charge < -0.3 is 16.0 Å². The van der Waals surface area contributed by atoms with Gasteiger partial charge in [0, 0.05) is 29.1 Å². The molecular weight excluding hydrogens is 416 g/mol. The summed E-state index contributed by atoms with van der Waals surface area (Å²) in [5.41, 5.74) is 1.22. The molecule has 27 heavy (non-hydrogen) atoms. The third-order valence-electron chi connectivity index (χ3n) is 3.93. The van der Waals surface area contributed by atoms with Crippen LogP contribution in [0, 0.1) is 10.1 Å². The predicted molar refractivity (Wildman–Crippen MR) is 106 cm³/mol. The minimum Gasteiger partial charge on any atom is -0.377 e. The van der Waals surface area contributed by atoms with Crippen molar-refractivity contribution < 1.29 is 14.5 Å². The molecule has 0 spiro atoms. The molecule has 0 radical (unpaired) electrons. The summed E-state index contributed by atoms with van der Waals surface area (Å²) in [5, 5.41) is 19.8. The molecule has 1 aliphatic rings. The van der Waals surface area contributed by atoms with Gasteiger partial charge >= 0.3 is 0 Å². The Morgan fingerprint density at radius 1 is 1.07 bits per heavy atom. The fourth-order valence-corrected chi connectivity index (χ4v) is 2.87. The van der Waals surface area contributed by atoms with Gasteiger partial charge in [0.2, 0.25) is 5.91 Å². The molecule has 3 rings (SSSR count). The molecule has 0 aromatic heterocycles. The van der Waals surface area contributed by atoms with Gasteiger partial charge in [-0.2, -0.15) is 0 Å². The van der Waals surface area contributed by atoms with Crippen LogP contribution in [0.3, 0.4) is 0 Å². The first-order chi connectivity index (χ1) is 12.8. The third kappa shape index (κ3) is 4.82. The van der Waals surface area contributed by atoms with E-state index in [0.717, 1.165) is 12.8 Å². The van der Waals surface area contributed by atoms with E-state index in [1.807, 2.05) is 0 Å². The van der Waals surface area contributed by atoms with E-state index < -0.39 is 10.8 Å². The highest BCUT2D eigenvalue weighted by molar-refractivity contribution is 9.10. The van der Waals surface area contributed by atoms with Crippen molar-refractivity contribution in [1.29, 1.82) is 0 Å². The smallest absolute Gasteiger partial charge is 0.293 e. The first kappa shape index (κ1) is 18.8. The lowest BCUT2D eigenvalue weighted by Gasteiger charge is -2.13. The first-order valence-electron chi connectivity index (χ1n) is 8.27. The Hall–Kier alpha value is -2.94. The molecule has 0 unspecified atom stereocenters. The van der Waals surface area contributed by atoms with E-state index in [9.17, 15) is 19.7 Å². The summed E-state index contributed by atoms with van der Waals surface area (Å²) < 4.78 is 0.710. The second kappa shape index (κ2) is 7.75. The SMILES string of the molecule is CC(=O)Nc1ccc(Br)cc1NC(=O)c1ccc(NC2CC2)c([N+](=O)[O-])c1. The number of nitrogens with one attached hydrogen (secondary N) is 3. The first-order valence-corrected chi connectivity index (χ1v) is 9.06. The van der Waals surface area contributed by atoms with E-state index in [2.05, 4.69) is 31.9 Å². The number of hydrogen-bond acceptors (Lipinski definition) is 5. The minimum absolute atomic E-state index is 0.147. The lowest BCUT2D eigenvalue weighted by Crippen LogP contribution is -2.15. The summed E-state index contributed by atoms with van der Waals surface area (Å²) in [6.07, 6.45) is 1.96. The topological polar surface area (TPSA) is 113 Å². The van der Waals surface area contributed by atoms with E-state index in [1.165, 1.54) is 19.1 Å². The number of rotatable bonds is 6. The second-order valence-electron chi connectivity index (χ2n) is 6.23. The monoisotopic (exact) mass is 432 g/mol. The molecule has 140 valence electrons. The van der Waals surface area contributed by atoms with Crippen LogP contribution in [0.25, 0.3) is 0 Å². The average molecular weight is 433 g/mol. The molecule has 0 atom stereocenters. The van der Waals surface area contributed by atoms with Crippen LogP contribution >= 0.6 is 15.9 Å². The zero-order chi connectivity index (χ0) is 19.6. The third-order valence-corrected chi connectivity index (χ3v) is 4.43. The Kier molecular flexibility index (Phi) is 5.41. The number of anilines is 3. The number of nitro groups is 1. The van der Waals surface area contributed by atoms with Gasteiger partial charge in [0.15, 0.2) is 0 Å². The fraction of sp³-hybridized carbons (Fsp3) is 0.222. The minimum atomic E-state index is -0.513. The molecule has 2 aromatic rings. The number of benzene rings is 2. The summed E-state index contributed by atoms with van der Waals surface area (Å²) in [7, 11) is 0. The lowest BCUT2D eigenvalue weighted by atomic mass is 10.1. The molecule has 0 heterocycles. The van der Waals surface area contributed by atoms with Crippen LogP contribution in [0.2, 0.25) is 0 Å². The van der Waals surface area contributed by atoms with Crippen LogP contribution in [0.15, 0.2) is 40.9 Å². The number of amides is 2. The summed E-state index contributed by atoms with van der Waals surface area (Å²) in [6, 6.07) is 9.59. The van der Waals surface area contributed by atoms with E-state index in [0.29, 0.717) is 21.5 Å². The van der Waals surface area contributed by atoms with Gasteiger partial charge in [-0.1, -0.05) is 15.9 Å². The lowest BCUT2D eigenvalue weighted by molar-refractivity contribution is -0.384. The number of nitro benzene ring substituents is 1. The van der Waals surface area contributed by atoms with Gasteiger partial charge in [0.05, 0.1) is 16.3 Å². The van der Waals surface area contributed by atoms with Crippen molar-refractivity contribution in [2.24, 2.45) is 0 Å². The molecular formula is C18H17BrN4O4. The maximum atomic E-state index is 12.6. The number of hydrogen-bond donors (Lipinski definition) is 3. The molecule has 2 aromatic carbocycles. The van der Waals surface area contributed by atoms with Crippen molar-refractivity contribution in [3.05, 3.63) is 56.5 Å². The van der Waals surface area contributed by atoms with Crippen molar-refractivity contribution in [1.82, 2.24) is 0 Å². The van der Waals surface area contributed by atoms with Crippen LogP contribution in [-0.2, 0) is 4.79 Å². The molecule has 8 nitrogen and oxygen atoms in total. The summed E-state index contributed by atoms with van der Waals surface area (Å²) >= 11 is 3.32. The van der Waals surface area contributed by atoms with Gasteiger partial charge in [0.1, 0.15) is 5.69 Å². The summed E-state index contributed by atoms with van der Waals surface area (Å²) in [6.45, 7) is 1.36. The average Bonchev–Trinajstić information content (AvgIpc) is 3.41. The Morgan fingerprint density at radius 3 is 2.41 bits per heavy atom.